The minimum absolute atomic E-state index is 0.0621. The molecule has 6 heteroatoms. The summed E-state index contributed by atoms with van der Waals surface area (Å²) in [7, 11) is 0. The fourth-order valence-electron chi connectivity index (χ4n) is 2.29. The molecule has 1 aliphatic heterocycles. The Kier molecular flexibility index (Phi) is 3.78. The van der Waals surface area contributed by atoms with Gasteiger partial charge in [-0.1, -0.05) is 0 Å². The van der Waals surface area contributed by atoms with E-state index in [-0.39, 0.29) is 18.2 Å². The molecule has 2 atom stereocenters. The van der Waals surface area contributed by atoms with Gasteiger partial charge < -0.3 is 10.0 Å². The molecule has 1 saturated heterocycles. The maximum absolute atomic E-state index is 13.6. The summed E-state index contributed by atoms with van der Waals surface area (Å²) in [4.78, 5) is 28.3. The predicted molar refractivity (Wildman–Crippen MR) is 65.1 cm³/mol. The number of amides is 1. The average Bonchev–Trinajstić information content (AvgIpc) is 2.38. The third-order valence-electron chi connectivity index (χ3n) is 3.50. The number of hydrogen-bond acceptors (Lipinski definition) is 3. The summed E-state index contributed by atoms with van der Waals surface area (Å²) in [5.41, 5.74) is -0.0621. The molecule has 2 unspecified atom stereocenters. The summed E-state index contributed by atoms with van der Waals surface area (Å²) < 4.78 is 13.6. The lowest BCUT2D eigenvalue weighted by atomic mass is 9.93. The van der Waals surface area contributed by atoms with Gasteiger partial charge >= 0.3 is 5.97 Å². The van der Waals surface area contributed by atoms with Crippen LogP contribution in [0.5, 0.6) is 0 Å². The molecule has 2 rings (SSSR count). The largest absolute Gasteiger partial charge is 0.481 e. The summed E-state index contributed by atoms with van der Waals surface area (Å²) in [5, 5.41) is 9.03. The van der Waals surface area contributed by atoms with Crippen molar-refractivity contribution in [1.29, 1.82) is 0 Å². The number of aromatic nitrogens is 1. The van der Waals surface area contributed by atoms with Crippen LogP contribution in [0.3, 0.4) is 0 Å². The zero-order chi connectivity index (χ0) is 14.0. The Balaban J connectivity index is 2.22. The van der Waals surface area contributed by atoms with Gasteiger partial charge in [-0.05, 0) is 25.8 Å². The molecule has 0 radical (unpaired) electrons. The van der Waals surface area contributed by atoms with E-state index >= 15 is 0 Å². The van der Waals surface area contributed by atoms with Gasteiger partial charge in [0.05, 0.1) is 17.7 Å². The van der Waals surface area contributed by atoms with Crippen molar-refractivity contribution in [3.63, 3.8) is 0 Å². The topological polar surface area (TPSA) is 70.5 Å². The second-order valence-corrected chi connectivity index (χ2v) is 4.77. The van der Waals surface area contributed by atoms with E-state index in [2.05, 4.69) is 4.98 Å². The summed E-state index contributed by atoms with van der Waals surface area (Å²) in [6.07, 6.45) is 3.48. The van der Waals surface area contributed by atoms with Crippen LogP contribution in [0.1, 0.15) is 30.1 Å². The Morgan fingerprint density at radius 3 is 2.84 bits per heavy atom. The summed E-state index contributed by atoms with van der Waals surface area (Å²) in [5.74, 6) is -2.65. The van der Waals surface area contributed by atoms with Gasteiger partial charge in [0.2, 0.25) is 0 Å². The standard InChI is InChI=1S/C13H15FN2O3/c1-8-2-3-9(13(18)19)7-16(8)12(17)10-4-5-15-6-11(10)14/h4-6,8-9H,2-3,7H2,1H3,(H,18,19). The van der Waals surface area contributed by atoms with Crippen molar-refractivity contribution in [2.75, 3.05) is 6.54 Å². The summed E-state index contributed by atoms with van der Waals surface area (Å²) in [6.45, 7) is 1.96. The minimum atomic E-state index is -0.917. The van der Waals surface area contributed by atoms with Crippen molar-refractivity contribution in [3.05, 3.63) is 29.8 Å². The van der Waals surface area contributed by atoms with E-state index in [0.717, 1.165) is 6.20 Å². The number of carboxylic acid groups (broad SMARTS) is 1. The van der Waals surface area contributed by atoms with E-state index in [0.29, 0.717) is 12.8 Å². The highest BCUT2D eigenvalue weighted by Crippen LogP contribution is 2.24. The molecule has 0 spiro atoms. The first-order chi connectivity index (χ1) is 9.00. The van der Waals surface area contributed by atoms with Gasteiger partial charge in [0.15, 0.2) is 5.82 Å². The molecular weight excluding hydrogens is 251 g/mol. The molecule has 1 aromatic heterocycles. The number of pyridine rings is 1. The first kappa shape index (κ1) is 13.5. The second-order valence-electron chi connectivity index (χ2n) is 4.77. The Labute approximate surface area is 110 Å². The van der Waals surface area contributed by atoms with E-state index in [4.69, 9.17) is 5.11 Å². The van der Waals surface area contributed by atoms with Crippen LogP contribution in [-0.2, 0) is 4.79 Å². The number of carboxylic acids is 1. The number of carbonyl (C=O) groups is 2. The first-order valence-electron chi connectivity index (χ1n) is 6.14. The third-order valence-corrected chi connectivity index (χ3v) is 3.50. The van der Waals surface area contributed by atoms with Crippen molar-refractivity contribution in [2.45, 2.75) is 25.8 Å². The normalized spacial score (nSPS) is 23.2. The molecule has 102 valence electrons. The number of halogens is 1. The highest BCUT2D eigenvalue weighted by Gasteiger charge is 2.33. The number of aliphatic carboxylic acids is 1. The lowest BCUT2D eigenvalue weighted by Crippen LogP contribution is -2.47. The number of nitrogens with zero attached hydrogens (tertiary/aromatic N) is 2. The smallest absolute Gasteiger partial charge is 0.308 e. The van der Waals surface area contributed by atoms with Crippen LogP contribution in [-0.4, -0.2) is 39.5 Å². The van der Waals surface area contributed by atoms with Crippen molar-refractivity contribution in [2.24, 2.45) is 5.92 Å². The van der Waals surface area contributed by atoms with Gasteiger partial charge in [0.25, 0.3) is 5.91 Å². The lowest BCUT2D eigenvalue weighted by molar-refractivity contribution is -0.143. The van der Waals surface area contributed by atoms with E-state index in [1.54, 1.807) is 0 Å². The zero-order valence-electron chi connectivity index (χ0n) is 10.5. The fourth-order valence-corrected chi connectivity index (χ4v) is 2.29. The first-order valence-corrected chi connectivity index (χ1v) is 6.14. The van der Waals surface area contributed by atoms with Crippen molar-refractivity contribution >= 4 is 11.9 Å². The maximum Gasteiger partial charge on any atom is 0.308 e. The van der Waals surface area contributed by atoms with Crippen molar-refractivity contribution < 1.29 is 19.1 Å². The molecule has 1 fully saturated rings. The molecule has 1 amide bonds. The Morgan fingerprint density at radius 2 is 2.21 bits per heavy atom. The van der Waals surface area contributed by atoms with Gasteiger partial charge in [0, 0.05) is 18.8 Å². The van der Waals surface area contributed by atoms with Crippen LogP contribution < -0.4 is 0 Å². The molecule has 0 aromatic carbocycles. The Morgan fingerprint density at radius 1 is 1.47 bits per heavy atom. The quantitative estimate of drug-likeness (QED) is 0.881. The highest BCUT2D eigenvalue weighted by atomic mass is 19.1. The van der Waals surface area contributed by atoms with E-state index in [1.807, 2.05) is 6.92 Å². The van der Waals surface area contributed by atoms with Crippen LogP contribution >= 0.6 is 0 Å². The second kappa shape index (κ2) is 5.34. The molecule has 1 N–H and O–H groups in total. The monoisotopic (exact) mass is 266 g/mol. The summed E-state index contributed by atoms with van der Waals surface area (Å²) in [6, 6.07) is 1.23. The van der Waals surface area contributed by atoms with Gasteiger partial charge in [-0.3, -0.25) is 14.6 Å². The lowest BCUT2D eigenvalue weighted by Gasteiger charge is -2.36. The molecule has 0 saturated carbocycles. The predicted octanol–water partition coefficient (Wildman–Crippen LogP) is 1.55. The maximum atomic E-state index is 13.6. The highest BCUT2D eigenvalue weighted by molar-refractivity contribution is 5.94. The third kappa shape index (κ3) is 2.72. The minimum Gasteiger partial charge on any atom is -0.481 e. The van der Waals surface area contributed by atoms with Gasteiger partial charge in [-0.15, -0.1) is 0 Å². The average molecular weight is 266 g/mol. The van der Waals surface area contributed by atoms with Crippen LogP contribution in [0.4, 0.5) is 4.39 Å². The molecule has 19 heavy (non-hydrogen) atoms. The molecular formula is C13H15FN2O3. The van der Waals surface area contributed by atoms with E-state index in [9.17, 15) is 14.0 Å². The number of piperidine rings is 1. The Bertz CT molecular complexity index is 506. The molecule has 0 bridgehead atoms. The van der Waals surface area contributed by atoms with Gasteiger partial charge in [-0.2, -0.15) is 0 Å². The van der Waals surface area contributed by atoms with Crippen LogP contribution in [0.15, 0.2) is 18.5 Å². The van der Waals surface area contributed by atoms with Crippen LogP contribution in [0.2, 0.25) is 0 Å². The molecule has 1 aliphatic rings. The molecule has 0 aliphatic carbocycles. The SMILES string of the molecule is CC1CCC(C(=O)O)CN1C(=O)c1ccncc1F. The van der Waals surface area contributed by atoms with Crippen molar-refractivity contribution in [1.82, 2.24) is 9.88 Å². The summed E-state index contributed by atoms with van der Waals surface area (Å²) >= 11 is 0. The molecule has 2 heterocycles. The van der Waals surface area contributed by atoms with E-state index < -0.39 is 23.6 Å². The van der Waals surface area contributed by atoms with Gasteiger partial charge in [-0.25, -0.2) is 4.39 Å². The van der Waals surface area contributed by atoms with Crippen LogP contribution in [0, 0.1) is 11.7 Å². The Hall–Kier alpha value is -1.98. The zero-order valence-corrected chi connectivity index (χ0v) is 10.5. The van der Waals surface area contributed by atoms with Crippen molar-refractivity contribution in [3.8, 4) is 0 Å². The van der Waals surface area contributed by atoms with Gasteiger partial charge in [0.1, 0.15) is 0 Å². The number of rotatable bonds is 2. The number of carbonyl (C=O) groups excluding carboxylic acids is 1. The molecule has 1 aromatic rings. The molecule has 5 nitrogen and oxygen atoms in total. The number of hydrogen-bond donors (Lipinski definition) is 1. The van der Waals surface area contributed by atoms with Crippen LogP contribution in [0.25, 0.3) is 0 Å². The van der Waals surface area contributed by atoms with E-state index in [1.165, 1.54) is 17.2 Å². The fraction of sp³-hybridized carbons (Fsp3) is 0.462. The number of likely N-dealkylation sites (tertiary alicyclic amines) is 1.